The lowest BCUT2D eigenvalue weighted by atomic mass is 9.76. The molecule has 3 aliphatic rings. The smallest absolute Gasteiger partial charge is 0.395 e. The number of likely N-dealkylation sites (tertiary alicyclic amines) is 1. The highest BCUT2D eigenvalue weighted by molar-refractivity contribution is 5.91. The number of ether oxygens (including phenoxy) is 1. The highest BCUT2D eigenvalue weighted by atomic mass is 19.4. The van der Waals surface area contributed by atoms with Gasteiger partial charge in [0.05, 0.1) is 30.5 Å². The van der Waals surface area contributed by atoms with Crippen LogP contribution in [0.5, 0.6) is 0 Å². The van der Waals surface area contributed by atoms with Crippen molar-refractivity contribution in [2.45, 2.75) is 56.4 Å². The standard InChI is InChI=1S/C26H31F4N5O3/c1-16(18-3-2-4-20(21(18)27)26(28,29)30)33-23-19-13-35(17-5-11-38-12-6-17)24(37)25(22(19)31-15-32-23)7-8-34(14-25)9-10-36/h2-4,15-17,36H,5-14H2,1H3,(H,31,32,33)/t16-,25?/m1/s1. The Morgan fingerprint density at radius 2 is 2.03 bits per heavy atom. The molecule has 0 radical (unpaired) electrons. The first-order valence-corrected chi connectivity index (χ1v) is 12.8. The van der Waals surface area contributed by atoms with Gasteiger partial charge in [0.15, 0.2) is 0 Å². The van der Waals surface area contributed by atoms with Gasteiger partial charge >= 0.3 is 6.18 Å². The number of anilines is 1. The van der Waals surface area contributed by atoms with Crippen molar-refractivity contribution in [2.24, 2.45) is 0 Å². The molecule has 0 saturated carbocycles. The largest absolute Gasteiger partial charge is 0.419 e. The van der Waals surface area contributed by atoms with E-state index in [4.69, 9.17) is 4.74 Å². The number of aliphatic hydroxyl groups is 1. The van der Waals surface area contributed by atoms with E-state index in [1.165, 1.54) is 18.5 Å². The van der Waals surface area contributed by atoms with Gasteiger partial charge in [0.2, 0.25) is 5.91 Å². The zero-order valence-electron chi connectivity index (χ0n) is 21.1. The molecule has 1 aromatic heterocycles. The van der Waals surface area contributed by atoms with Gasteiger partial charge in [-0.05, 0) is 38.8 Å². The SMILES string of the molecule is C[C@@H](Nc1ncnc2c1CN(C1CCOCC1)C(=O)C21CCN(CCO)C1)c1cccc(C(F)(F)F)c1F. The van der Waals surface area contributed by atoms with Crippen LogP contribution in [0, 0.1) is 5.82 Å². The minimum absolute atomic E-state index is 0.0149. The van der Waals surface area contributed by atoms with Gasteiger partial charge in [-0.25, -0.2) is 14.4 Å². The van der Waals surface area contributed by atoms with Crippen molar-refractivity contribution in [3.63, 3.8) is 0 Å². The van der Waals surface area contributed by atoms with Gasteiger partial charge in [-0.15, -0.1) is 0 Å². The molecule has 0 bridgehead atoms. The van der Waals surface area contributed by atoms with E-state index in [1.54, 1.807) is 6.92 Å². The topological polar surface area (TPSA) is 90.8 Å². The fraction of sp³-hybridized carbons (Fsp3) is 0.577. The van der Waals surface area contributed by atoms with Crippen molar-refractivity contribution in [1.82, 2.24) is 19.8 Å². The van der Waals surface area contributed by atoms with E-state index < -0.39 is 29.0 Å². The molecule has 4 heterocycles. The summed E-state index contributed by atoms with van der Waals surface area (Å²) in [5.41, 5.74) is -1.11. The second-order valence-corrected chi connectivity index (χ2v) is 10.2. The van der Waals surface area contributed by atoms with E-state index in [0.29, 0.717) is 69.2 Å². The number of amides is 1. The molecule has 8 nitrogen and oxygen atoms in total. The van der Waals surface area contributed by atoms with Gasteiger partial charge in [-0.2, -0.15) is 13.2 Å². The molecule has 0 aliphatic carbocycles. The van der Waals surface area contributed by atoms with Gasteiger partial charge in [0, 0.05) is 43.5 Å². The van der Waals surface area contributed by atoms with Crippen molar-refractivity contribution >= 4 is 11.7 Å². The first-order chi connectivity index (χ1) is 18.2. The molecule has 3 aliphatic heterocycles. The lowest BCUT2D eigenvalue weighted by molar-refractivity contribution is -0.144. The summed E-state index contributed by atoms with van der Waals surface area (Å²) in [6.45, 7) is 4.33. The Balaban J connectivity index is 1.53. The van der Waals surface area contributed by atoms with E-state index in [2.05, 4.69) is 15.3 Å². The Bertz CT molecular complexity index is 1190. The number of carbonyl (C=O) groups is 1. The number of rotatable bonds is 6. The van der Waals surface area contributed by atoms with Gasteiger partial charge in [-0.3, -0.25) is 9.69 Å². The molecule has 1 unspecified atom stereocenters. The molecule has 2 aromatic rings. The summed E-state index contributed by atoms with van der Waals surface area (Å²) in [5.74, 6) is -0.975. The minimum Gasteiger partial charge on any atom is -0.395 e. The monoisotopic (exact) mass is 537 g/mol. The maximum absolute atomic E-state index is 14.9. The average Bonchev–Trinajstić information content (AvgIpc) is 3.31. The van der Waals surface area contributed by atoms with E-state index >= 15 is 0 Å². The Hall–Kier alpha value is -2.83. The predicted molar refractivity (Wildman–Crippen MR) is 130 cm³/mol. The lowest BCUT2D eigenvalue weighted by Gasteiger charge is -2.45. The third kappa shape index (κ3) is 4.73. The van der Waals surface area contributed by atoms with Crippen LogP contribution in [0.15, 0.2) is 24.5 Å². The van der Waals surface area contributed by atoms with Crippen LogP contribution < -0.4 is 5.32 Å². The summed E-state index contributed by atoms with van der Waals surface area (Å²) in [6, 6.07) is 2.36. The summed E-state index contributed by atoms with van der Waals surface area (Å²) in [6.07, 6.45) is -1.57. The third-order valence-corrected chi connectivity index (χ3v) is 7.95. The average molecular weight is 538 g/mol. The number of hydrogen-bond donors (Lipinski definition) is 2. The maximum Gasteiger partial charge on any atom is 0.419 e. The normalized spacial score (nSPS) is 23.6. The van der Waals surface area contributed by atoms with Gasteiger partial charge in [0.1, 0.15) is 23.4 Å². The Morgan fingerprint density at radius 1 is 1.26 bits per heavy atom. The third-order valence-electron chi connectivity index (χ3n) is 7.95. The fourth-order valence-electron chi connectivity index (χ4n) is 5.98. The molecule has 2 atom stereocenters. The quantitative estimate of drug-likeness (QED) is 0.547. The van der Waals surface area contributed by atoms with Crippen molar-refractivity contribution in [3.8, 4) is 0 Å². The van der Waals surface area contributed by atoms with Crippen molar-refractivity contribution < 1.29 is 32.2 Å². The number of aliphatic hydroxyl groups excluding tert-OH is 1. The molecule has 1 amide bonds. The number of β-amino-alcohol motifs (C(OH)–C–C–N with tert-alkyl or cyclic N) is 1. The zero-order valence-corrected chi connectivity index (χ0v) is 21.1. The number of halogens is 4. The van der Waals surface area contributed by atoms with E-state index in [9.17, 15) is 27.5 Å². The summed E-state index contributed by atoms with van der Waals surface area (Å²) in [7, 11) is 0. The molecule has 206 valence electrons. The Morgan fingerprint density at radius 3 is 2.74 bits per heavy atom. The van der Waals surface area contributed by atoms with Gasteiger partial charge < -0.3 is 20.1 Å². The molecule has 5 rings (SSSR count). The zero-order chi connectivity index (χ0) is 27.1. The molecule has 1 aromatic carbocycles. The highest BCUT2D eigenvalue weighted by Crippen LogP contribution is 2.44. The Kier molecular flexibility index (Phi) is 7.31. The van der Waals surface area contributed by atoms with Crippen LogP contribution in [0.1, 0.15) is 54.6 Å². The number of alkyl halides is 3. The van der Waals surface area contributed by atoms with Gasteiger partial charge in [0.25, 0.3) is 0 Å². The number of nitrogens with zero attached hydrogens (tertiary/aromatic N) is 4. The number of nitrogens with one attached hydrogen (secondary N) is 1. The molecular weight excluding hydrogens is 506 g/mol. The first-order valence-electron chi connectivity index (χ1n) is 12.8. The van der Waals surface area contributed by atoms with Crippen LogP contribution in [0.4, 0.5) is 23.4 Å². The highest BCUT2D eigenvalue weighted by Gasteiger charge is 2.54. The summed E-state index contributed by atoms with van der Waals surface area (Å²) < 4.78 is 60.3. The lowest BCUT2D eigenvalue weighted by Crippen LogP contribution is -2.57. The van der Waals surface area contributed by atoms with Crippen LogP contribution >= 0.6 is 0 Å². The summed E-state index contributed by atoms with van der Waals surface area (Å²) >= 11 is 0. The van der Waals surface area contributed by atoms with Crippen molar-refractivity contribution in [2.75, 3.05) is 44.8 Å². The van der Waals surface area contributed by atoms with Crippen LogP contribution in [-0.2, 0) is 27.7 Å². The molecule has 2 saturated heterocycles. The van der Waals surface area contributed by atoms with Crippen LogP contribution in [0.3, 0.4) is 0 Å². The van der Waals surface area contributed by atoms with Crippen molar-refractivity contribution in [3.05, 3.63) is 52.7 Å². The predicted octanol–water partition coefficient (Wildman–Crippen LogP) is 3.26. The maximum atomic E-state index is 14.9. The van der Waals surface area contributed by atoms with Crippen LogP contribution in [-0.4, -0.2) is 76.3 Å². The first kappa shape index (κ1) is 26.8. The number of hydrogen-bond acceptors (Lipinski definition) is 7. The van der Waals surface area contributed by atoms with E-state index in [1.807, 2.05) is 9.80 Å². The summed E-state index contributed by atoms with van der Waals surface area (Å²) in [5, 5.41) is 12.6. The molecule has 2 fully saturated rings. The van der Waals surface area contributed by atoms with Crippen molar-refractivity contribution in [1.29, 1.82) is 0 Å². The number of fused-ring (bicyclic) bond motifs is 2. The fourth-order valence-corrected chi connectivity index (χ4v) is 5.98. The summed E-state index contributed by atoms with van der Waals surface area (Å²) in [4.78, 5) is 26.9. The van der Waals surface area contributed by atoms with Gasteiger partial charge in [-0.1, -0.05) is 12.1 Å². The second kappa shape index (κ2) is 10.4. The molecule has 12 heteroatoms. The minimum atomic E-state index is -4.81. The molecular formula is C26H31F4N5O3. The number of benzene rings is 1. The molecule has 2 N–H and O–H groups in total. The Labute approximate surface area is 218 Å². The second-order valence-electron chi connectivity index (χ2n) is 10.2. The molecule has 38 heavy (non-hydrogen) atoms. The number of aromatic nitrogens is 2. The van der Waals surface area contributed by atoms with E-state index in [-0.39, 0.29) is 30.7 Å². The molecule has 1 spiro atoms. The number of carbonyl (C=O) groups excluding carboxylic acids is 1. The van der Waals surface area contributed by atoms with Crippen LogP contribution in [0.2, 0.25) is 0 Å². The van der Waals surface area contributed by atoms with Crippen LogP contribution in [0.25, 0.3) is 0 Å². The van der Waals surface area contributed by atoms with E-state index in [0.717, 1.165) is 6.07 Å².